The van der Waals surface area contributed by atoms with Crippen LogP contribution >= 0.6 is 0 Å². The first-order valence-electron chi connectivity index (χ1n) is 23.9. The van der Waals surface area contributed by atoms with E-state index in [0.717, 1.165) is 46.0 Å². The van der Waals surface area contributed by atoms with Crippen LogP contribution in [0.4, 0.5) is 22.7 Å². The molecule has 1 spiro atoms. The number of nitrogens with one attached hydrogen (secondary N) is 1. The van der Waals surface area contributed by atoms with E-state index in [-0.39, 0.29) is 48.5 Å². The van der Waals surface area contributed by atoms with Gasteiger partial charge in [-0.2, -0.15) is 0 Å². The average Bonchev–Trinajstić information content (AvgIpc) is 4.02. The Hall–Kier alpha value is -6.16. The molecule has 3 aliphatic rings. The zero-order valence-electron chi connectivity index (χ0n) is 39.5. The number of nitrogens with zero attached hydrogens (tertiary/aromatic N) is 5. The van der Waals surface area contributed by atoms with Gasteiger partial charge in [-0.25, -0.2) is 0 Å². The Balaban J connectivity index is 1.15. The van der Waals surface area contributed by atoms with Gasteiger partial charge in [0.15, 0.2) is 5.60 Å². The molecule has 0 saturated carbocycles. The van der Waals surface area contributed by atoms with Crippen molar-refractivity contribution in [3.8, 4) is 11.5 Å². The van der Waals surface area contributed by atoms with Crippen LogP contribution in [-0.2, 0) is 32.9 Å². The third kappa shape index (κ3) is 8.53. The topological polar surface area (TPSA) is 152 Å². The number of carbonyl (C=O) groups excluding carboxylic acids is 2. The molecule has 6 aromatic rings. The highest BCUT2D eigenvalue weighted by atomic mass is 28.3. The van der Waals surface area contributed by atoms with Gasteiger partial charge in [-0.3, -0.25) is 24.1 Å². The third-order valence-electron chi connectivity index (χ3n) is 14.5. The van der Waals surface area contributed by atoms with Gasteiger partial charge >= 0.3 is 0 Å². The van der Waals surface area contributed by atoms with Crippen molar-refractivity contribution in [1.29, 1.82) is 0 Å². The molecule has 14 heteroatoms. The molecule has 0 bridgehead atoms. The highest BCUT2D eigenvalue weighted by Crippen LogP contribution is 2.61. The Kier molecular flexibility index (Phi) is 13.7. The van der Waals surface area contributed by atoms with E-state index in [2.05, 4.69) is 47.8 Å². The number of unbranched alkanes of at least 4 members (excludes halogenated alkanes) is 1. The van der Waals surface area contributed by atoms with Crippen LogP contribution in [0.1, 0.15) is 61.4 Å². The molecule has 0 radical (unpaired) electrons. The molecule has 3 N–H and O–H groups in total. The van der Waals surface area contributed by atoms with Crippen molar-refractivity contribution >= 4 is 47.8 Å². The molecule has 354 valence electrons. The lowest BCUT2D eigenvalue weighted by Crippen LogP contribution is -2.51. The largest absolute Gasteiger partial charge is 0.497 e. The summed E-state index contributed by atoms with van der Waals surface area (Å²) in [5.74, 6) is 0.611. The number of aryl methyl sites for hydroxylation is 1. The number of aliphatic hydroxyl groups is 2. The Morgan fingerprint density at radius 3 is 2.29 bits per heavy atom. The number of ether oxygens (including phenoxy) is 3. The summed E-state index contributed by atoms with van der Waals surface area (Å²) in [5.41, 5.74) is 4.69. The summed E-state index contributed by atoms with van der Waals surface area (Å²) in [5, 5.41) is 33.7. The predicted octanol–water partition coefficient (Wildman–Crippen LogP) is 7.75. The standard InChI is InChI=1S/C54H62N6O7Si/c1-6-66-42-22-26-48-38(31-42)32-46(55-28-13-14-30-61)52(63)59(48)40-19-25-49-45(33-40)54(53(64)60(49)39-17-11-8-12-18-39)36(2)51(68(4,5)43-23-20-41(65-3)21-24-43)50(67-54)27-29-58-34-47(56-57-58)44(35-62)37-15-9-7-10-16-37/h7-12,15-26,31,33-34,36,44,46,50-51,55,61-62H,6,13-14,27-30,32,35H2,1-5H3/t36-,44?,46?,50+,51-,54+/m0/s1. The van der Waals surface area contributed by atoms with Gasteiger partial charge in [0.25, 0.3) is 5.91 Å². The molecule has 2 amide bonds. The summed E-state index contributed by atoms with van der Waals surface area (Å²) < 4.78 is 20.9. The molecule has 0 aliphatic carbocycles. The minimum absolute atomic E-state index is 0.0635. The van der Waals surface area contributed by atoms with Crippen molar-refractivity contribution in [3.63, 3.8) is 0 Å². The minimum atomic E-state index is -2.53. The van der Waals surface area contributed by atoms with Crippen LogP contribution in [0.3, 0.4) is 0 Å². The zero-order valence-corrected chi connectivity index (χ0v) is 40.5. The maximum Gasteiger partial charge on any atom is 0.268 e. The fourth-order valence-electron chi connectivity index (χ4n) is 11.1. The van der Waals surface area contributed by atoms with Gasteiger partial charge in [0.05, 0.1) is 63.5 Å². The maximum atomic E-state index is 15.9. The van der Waals surface area contributed by atoms with Crippen LogP contribution in [0.25, 0.3) is 0 Å². The van der Waals surface area contributed by atoms with Crippen LogP contribution in [0.15, 0.2) is 128 Å². The lowest BCUT2D eigenvalue weighted by atomic mass is 9.82. The van der Waals surface area contributed by atoms with Crippen molar-refractivity contribution in [2.24, 2.45) is 5.92 Å². The molecule has 4 heterocycles. The SMILES string of the molecule is CCOc1ccc2c(c1)CC(NCCCCO)C(=O)N2c1ccc2c(c1)[C@@]1(O[C@H](CCn3cc(C(CO)c4ccccc4)nn3)[C@@H]([Si](C)(C)c3ccc(OC)cc3)[C@@H]1C)C(=O)N2c1ccccc1. The molecule has 1 saturated heterocycles. The molecule has 5 aromatic carbocycles. The van der Waals surface area contributed by atoms with E-state index >= 15 is 4.79 Å². The quantitative estimate of drug-likeness (QED) is 0.0577. The number of para-hydroxylation sites is 1. The number of hydrogen-bond acceptors (Lipinski definition) is 10. The minimum Gasteiger partial charge on any atom is -0.497 e. The summed E-state index contributed by atoms with van der Waals surface area (Å²) in [6.07, 6.45) is 3.91. The molecule has 2 unspecified atom stereocenters. The van der Waals surface area contributed by atoms with Crippen LogP contribution < -0.4 is 29.8 Å². The van der Waals surface area contributed by atoms with E-state index in [9.17, 15) is 15.0 Å². The number of amides is 2. The maximum absolute atomic E-state index is 15.9. The van der Waals surface area contributed by atoms with Gasteiger partial charge in [0.1, 0.15) is 11.5 Å². The zero-order chi connectivity index (χ0) is 47.6. The number of rotatable bonds is 18. The number of anilines is 4. The molecule has 6 atom stereocenters. The average molecular weight is 935 g/mol. The van der Waals surface area contributed by atoms with Crippen molar-refractivity contribution in [1.82, 2.24) is 20.3 Å². The molecule has 13 nitrogen and oxygen atoms in total. The summed E-state index contributed by atoms with van der Waals surface area (Å²) in [6.45, 7) is 10.4. The Labute approximate surface area is 399 Å². The van der Waals surface area contributed by atoms with Gasteiger partial charge in [-0.1, -0.05) is 91.1 Å². The molecule has 68 heavy (non-hydrogen) atoms. The predicted molar refractivity (Wildman–Crippen MR) is 266 cm³/mol. The lowest BCUT2D eigenvalue weighted by Gasteiger charge is -2.37. The Morgan fingerprint density at radius 1 is 0.868 bits per heavy atom. The molecule has 9 rings (SSSR count). The summed E-state index contributed by atoms with van der Waals surface area (Å²) in [6, 6.07) is 39.1. The van der Waals surface area contributed by atoms with Crippen molar-refractivity contribution in [2.75, 3.05) is 43.3 Å². The second-order valence-electron chi connectivity index (χ2n) is 18.7. The van der Waals surface area contributed by atoms with Gasteiger partial charge in [0, 0.05) is 42.2 Å². The smallest absolute Gasteiger partial charge is 0.268 e. The van der Waals surface area contributed by atoms with E-state index in [1.807, 2.05) is 127 Å². The van der Waals surface area contributed by atoms with Gasteiger partial charge < -0.3 is 29.7 Å². The molecule has 1 fully saturated rings. The summed E-state index contributed by atoms with van der Waals surface area (Å²) >= 11 is 0. The monoisotopic (exact) mass is 934 g/mol. The van der Waals surface area contributed by atoms with Gasteiger partial charge in [0.2, 0.25) is 5.91 Å². The lowest BCUT2D eigenvalue weighted by molar-refractivity contribution is -0.145. The first-order valence-corrected chi connectivity index (χ1v) is 27.0. The van der Waals surface area contributed by atoms with Crippen LogP contribution in [0, 0.1) is 5.92 Å². The first-order chi connectivity index (χ1) is 33.0. The van der Waals surface area contributed by atoms with Crippen molar-refractivity contribution < 1.29 is 34.0 Å². The molecular formula is C54H62N6O7Si. The van der Waals surface area contributed by atoms with E-state index in [1.54, 1.807) is 16.9 Å². The molecule has 3 aliphatic heterocycles. The number of benzene rings is 5. The van der Waals surface area contributed by atoms with E-state index in [1.165, 1.54) is 5.19 Å². The second-order valence-corrected chi connectivity index (χ2v) is 23.4. The highest BCUT2D eigenvalue weighted by molar-refractivity contribution is 6.91. The van der Waals surface area contributed by atoms with Crippen molar-refractivity contribution in [3.05, 3.63) is 150 Å². The fourth-order valence-corrected chi connectivity index (χ4v) is 15.1. The van der Waals surface area contributed by atoms with E-state index in [4.69, 9.17) is 14.2 Å². The number of hydrogen-bond donors (Lipinski definition) is 3. The normalized spacial score (nSPS) is 21.6. The summed E-state index contributed by atoms with van der Waals surface area (Å²) in [4.78, 5) is 34.3. The van der Waals surface area contributed by atoms with E-state index < -0.39 is 19.7 Å². The fraction of sp³-hybridized carbons (Fsp3) is 0.370. The molecular weight excluding hydrogens is 873 g/mol. The number of fused-ring (bicyclic) bond motifs is 3. The third-order valence-corrected chi connectivity index (χ3v) is 18.8. The summed E-state index contributed by atoms with van der Waals surface area (Å²) in [7, 11) is -0.860. The first kappa shape index (κ1) is 46.9. The highest BCUT2D eigenvalue weighted by Gasteiger charge is 2.66. The Bertz CT molecular complexity index is 2720. The van der Waals surface area contributed by atoms with Gasteiger partial charge in [-0.05, 0) is 116 Å². The van der Waals surface area contributed by atoms with Crippen molar-refractivity contribution in [2.45, 2.75) is 88.4 Å². The second kappa shape index (κ2) is 19.8. The van der Waals surface area contributed by atoms with Gasteiger partial charge in [-0.15, -0.1) is 5.10 Å². The van der Waals surface area contributed by atoms with Crippen LogP contribution in [0.2, 0.25) is 18.6 Å². The number of methoxy groups -OCH3 is 1. The van der Waals surface area contributed by atoms with Crippen LogP contribution in [0.5, 0.6) is 11.5 Å². The number of carbonyl (C=O) groups is 2. The number of aromatic nitrogens is 3. The number of aliphatic hydroxyl groups excluding tert-OH is 2. The van der Waals surface area contributed by atoms with E-state index in [0.29, 0.717) is 56.0 Å². The molecule has 1 aromatic heterocycles. The Morgan fingerprint density at radius 2 is 1.59 bits per heavy atom. The van der Waals surface area contributed by atoms with Crippen LogP contribution in [-0.4, -0.2) is 90.7 Å².